The van der Waals surface area contributed by atoms with Crippen molar-refractivity contribution in [2.75, 3.05) is 0 Å². The van der Waals surface area contributed by atoms with Crippen LogP contribution in [0.4, 0.5) is 0 Å². The number of carbonyl (C=O) groups is 1. The monoisotopic (exact) mass is 248 g/mol. The summed E-state index contributed by atoms with van der Waals surface area (Å²) in [7, 11) is 0. The lowest BCUT2D eigenvalue weighted by Crippen LogP contribution is -2.14. The number of ketones is 1. The molecule has 2 aliphatic rings. The fourth-order valence-electron chi connectivity index (χ4n) is 2.76. The molecule has 0 unspecified atom stereocenters. The van der Waals surface area contributed by atoms with Gasteiger partial charge in [0, 0.05) is 29.1 Å². The third-order valence-electron chi connectivity index (χ3n) is 3.62. The lowest BCUT2D eigenvalue weighted by Gasteiger charge is -2.12. The predicted octanol–water partition coefficient (Wildman–Crippen LogP) is 2.98. The quantitative estimate of drug-likeness (QED) is 0.752. The van der Waals surface area contributed by atoms with E-state index in [1.807, 2.05) is 42.6 Å². The zero-order chi connectivity index (χ0) is 12.8. The van der Waals surface area contributed by atoms with Crippen LogP contribution in [0.5, 0.6) is 0 Å². The molecule has 0 saturated carbocycles. The van der Waals surface area contributed by atoms with E-state index < -0.39 is 0 Å². The molecule has 3 heteroatoms. The third-order valence-corrected chi connectivity index (χ3v) is 3.62. The van der Waals surface area contributed by atoms with Gasteiger partial charge in [-0.2, -0.15) is 0 Å². The van der Waals surface area contributed by atoms with E-state index in [0.29, 0.717) is 6.42 Å². The fraction of sp³-hybridized carbons (Fsp3) is 0.0625. The van der Waals surface area contributed by atoms with E-state index in [2.05, 4.69) is 16.4 Å². The van der Waals surface area contributed by atoms with E-state index in [4.69, 9.17) is 0 Å². The van der Waals surface area contributed by atoms with Crippen LogP contribution >= 0.6 is 0 Å². The number of benzene rings is 1. The van der Waals surface area contributed by atoms with Crippen molar-refractivity contribution in [2.24, 2.45) is 0 Å². The number of aromatic amines is 1. The smallest absolute Gasteiger partial charge is 0.170 e. The van der Waals surface area contributed by atoms with Crippen molar-refractivity contribution in [1.82, 2.24) is 10.3 Å². The summed E-state index contributed by atoms with van der Waals surface area (Å²) in [6, 6.07) is 8.12. The largest absolute Gasteiger partial charge is 0.361 e. The summed E-state index contributed by atoms with van der Waals surface area (Å²) in [6.45, 7) is 0. The minimum Gasteiger partial charge on any atom is -0.361 e. The second-order valence-corrected chi connectivity index (χ2v) is 4.76. The molecule has 0 saturated heterocycles. The molecule has 1 aliphatic heterocycles. The first-order valence-corrected chi connectivity index (χ1v) is 6.33. The van der Waals surface area contributed by atoms with Crippen molar-refractivity contribution in [3.8, 4) is 0 Å². The van der Waals surface area contributed by atoms with E-state index in [1.54, 1.807) is 0 Å². The van der Waals surface area contributed by atoms with Gasteiger partial charge in [0.15, 0.2) is 5.78 Å². The van der Waals surface area contributed by atoms with Crippen molar-refractivity contribution < 1.29 is 4.79 Å². The summed E-state index contributed by atoms with van der Waals surface area (Å²) in [5.74, 6) is 0.154. The third kappa shape index (κ3) is 1.41. The summed E-state index contributed by atoms with van der Waals surface area (Å²) in [4.78, 5) is 15.6. The Bertz CT molecular complexity index is 790. The molecule has 2 aromatic rings. The van der Waals surface area contributed by atoms with Gasteiger partial charge in [-0.1, -0.05) is 24.3 Å². The van der Waals surface area contributed by atoms with E-state index in [9.17, 15) is 4.79 Å². The van der Waals surface area contributed by atoms with Gasteiger partial charge >= 0.3 is 0 Å². The predicted molar refractivity (Wildman–Crippen MR) is 76.2 cm³/mol. The van der Waals surface area contributed by atoms with Gasteiger partial charge in [0.05, 0.1) is 17.0 Å². The standard InChI is InChI=1S/C16H12N2O/c19-14-7-3-6-13-15(14)16-11(8-9-17-13)10-4-1-2-5-12(10)18-16/h1-6,8-9,17-18H,7H2. The normalized spacial score (nSPS) is 17.2. The van der Waals surface area contributed by atoms with Crippen LogP contribution in [-0.4, -0.2) is 10.8 Å². The SMILES string of the molecule is O=C1CC=CC2=C1c1[nH]c3ccccc3c1C=CN2. The van der Waals surface area contributed by atoms with Crippen LogP contribution in [0, 0.1) is 0 Å². The molecule has 1 aromatic heterocycles. The molecule has 0 atom stereocenters. The maximum absolute atomic E-state index is 12.2. The summed E-state index contributed by atoms with van der Waals surface area (Å²) in [6.07, 6.45) is 8.25. The average Bonchev–Trinajstić information content (AvgIpc) is 2.67. The van der Waals surface area contributed by atoms with Gasteiger partial charge in [-0.3, -0.25) is 4.79 Å². The Morgan fingerprint density at radius 3 is 2.95 bits per heavy atom. The van der Waals surface area contributed by atoms with Gasteiger partial charge in [0.1, 0.15) is 0 Å². The molecule has 1 aliphatic carbocycles. The molecule has 2 N–H and O–H groups in total. The highest BCUT2D eigenvalue weighted by Crippen LogP contribution is 2.33. The number of hydrogen-bond donors (Lipinski definition) is 2. The van der Waals surface area contributed by atoms with Crippen molar-refractivity contribution in [3.63, 3.8) is 0 Å². The lowest BCUT2D eigenvalue weighted by molar-refractivity contribution is -0.113. The highest BCUT2D eigenvalue weighted by atomic mass is 16.1. The number of carbonyl (C=O) groups excluding carboxylic acids is 1. The number of rotatable bonds is 0. The Kier molecular flexibility index (Phi) is 2.03. The van der Waals surface area contributed by atoms with Crippen LogP contribution in [0.15, 0.2) is 48.3 Å². The number of nitrogens with one attached hydrogen (secondary N) is 2. The van der Waals surface area contributed by atoms with Crippen molar-refractivity contribution in [3.05, 3.63) is 59.6 Å². The van der Waals surface area contributed by atoms with E-state index in [-0.39, 0.29) is 5.78 Å². The lowest BCUT2D eigenvalue weighted by atomic mass is 9.95. The van der Waals surface area contributed by atoms with Gasteiger partial charge in [0.2, 0.25) is 0 Å². The number of hydrogen-bond acceptors (Lipinski definition) is 2. The Balaban J connectivity index is 2.10. The number of H-pyrrole nitrogens is 1. The van der Waals surface area contributed by atoms with Crippen LogP contribution in [-0.2, 0) is 4.79 Å². The number of aromatic nitrogens is 1. The maximum atomic E-state index is 12.2. The fourth-order valence-corrected chi connectivity index (χ4v) is 2.76. The maximum Gasteiger partial charge on any atom is 0.170 e. The molecule has 0 fully saturated rings. The van der Waals surface area contributed by atoms with Crippen molar-refractivity contribution >= 4 is 28.3 Å². The van der Waals surface area contributed by atoms with Crippen LogP contribution in [0.2, 0.25) is 0 Å². The van der Waals surface area contributed by atoms with Gasteiger partial charge in [-0.05, 0) is 18.2 Å². The van der Waals surface area contributed by atoms with Crippen molar-refractivity contribution in [2.45, 2.75) is 6.42 Å². The Morgan fingerprint density at radius 1 is 1.11 bits per heavy atom. The summed E-state index contributed by atoms with van der Waals surface area (Å²) in [5.41, 5.74) is 4.70. The first-order valence-electron chi connectivity index (χ1n) is 6.33. The Hall–Kier alpha value is -2.55. The number of para-hydroxylation sites is 1. The van der Waals surface area contributed by atoms with Crippen LogP contribution in [0.25, 0.3) is 22.6 Å². The first-order chi connectivity index (χ1) is 9.34. The van der Waals surface area contributed by atoms with Crippen molar-refractivity contribution in [1.29, 1.82) is 0 Å². The zero-order valence-electron chi connectivity index (χ0n) is 10.2. The molecular weight excluding hydrogens is 236 g/mol. The van der Waals surface area contributed by atoms with Crippen LogP contribution in [0.3, 0.4) is 0 Å². The molecule has 92 valence electrons. The minimum atomic E-state index is 0.154. The molecular formula is C16H12N2O. The molecule has 0 bridgehead atoms. The molecule has 19 heavy (non-hydrogen) atoms. The minimum absolute atomic E-state index is 0.154. The molecule has 3 nitrogen and oxygen atoms in total. The summed E-state index contributed by atoms with van der Waals surface area (Å²) in [5, 5.41) is 4.33. The average molecular weight is 248 g/mol. The Labute approximate surface area is 110 Å². The number of Topliss-reactive ketones (excluding diaryl/α,β-unsaturated/α-hetero) is 1. The molecule has 1 aromatic carbocycles. The van der Waals surface area contributed by atoms with E-state index in [1.165, 1.54) is 0 Å². The van der Waals surface area contributed by atoms with E-state index in [0.717, 1.165) is 33.4 Å². The molecule has 2 heterocycles. The topological polar surface area (TPSA) is 44.9 Å². The second kappa shape index (κ2) is 3.72. The van der Waals surface area contributed by atoms with Gasteiger partial charge in [-0.15, -0.1) is 0 Å². The highest BCUT2D eigenvalue weighted by Gasteiger charge is 2.24. The molecule has 0 amide bonds. The van der Waals surface area contributed by atoms with Gasteiger partial charge in [0.25, 0.3) is 0 Å². The molecule has 4 rings (SSSR count). The van der Waals surface area contributed by atoms with Gasteiger partial charge in [-0.25, -0.2) is 0 Å². The zero-order valence-corrected chi connectivity index (χ0v) is 10.2. The summed E-state index contributed by atoms with van der Waals surface area (Å²) < 4.78 is 0. The molecule has 0 radical (unpaired) electrons. The van der Waals surface area contributed by atoms with E-state index >= 15 is 0 Å². The first kappa shape index (κ1) is 10.4. The molecule has 0 spiro atoms. The summed E-state index contributed by atoms with van der Waals surface area (Å²) >= 11 is 0. The van der Waals surface area contributed by atoms with Crippen LogP contribution in [0.1, 0.15) is 17.7 Å². The number of allylic oxidation sites excluding steroid dienone is 3. The number of fused-ring (bicyclic) bond motifs is 4. The highest BCUT2D eigenvalue weighted by molar-refractivity contribution is 6.25. The van der Waals surface area contributed by atoms with Crippen LogP contribution < -0.4 is 5.32 Å². The second-order valence-electron chi connectivity index (χ2n) is 4.76. The Morgan fingerprint density at radius 2 is 2.00 bits per heavy atom. The van der Waals surface area contributed by atoms with Gasteiger partial charge < -0.3 is 10.3 Å².